The zero-order valence-corrected chi connectivity index (χ0v) is 12.9. The number of carbonyl (C=O) groups excluding carboxylic acids is 1. The van der Waals surface area contributed by atoms with Crippen LogP contribution in [0, 0.1) is 11.6 Å². The smallest absolute Gasteiger partial charge is 0.242 e. The molecule has 1 aromatic rings. The van der Waals surface area contributed by atoms with Crippen LogP contribution in [-0.2, 0) is 11.3 Å². The standard InChI is InChI=1S/C15H20F2N2O.ClH/c1-2-19(14(20)15(18)8-3-4-9-15)10-11-12(16)6-5-7-13(11)17;/h5-7H,2-4,8-10,18H2,1H3;1H. The molecule has 1 amide bonds. The number of hydrogen-bond donors (Lipinski definition) is 1. The van der Waals surface area contributed by atoms with Gasteiger partial charge in [-0.05, 0) is 31.9 Å². The number of likely N-dealkylation sites (N-methyl/N-ethyl adjacent to an activating group) is 1. The summed E-state index contributed by atoms with van der Waals surface area (Å²) < 4.78 is 27.3. The van der Waals surface area contributed by atoms with Crippen LogP contribution in [0.2, 0.25) is 0 Å². The number of nitrogens with zero attached hydrogens (tertiary/aromatic N) is 1. The van der Waals surface area contributed by atoms with Crippen LogP contribution < -0.4 is 5.73 Å². The largest absolute Gasteiger partial charge is 0.337 e. The van der Waals surface area contributed by atoms with Gasteiger partial charge >= 0.3 is 0 Å². The number of nitrogens with two attached hydrogens (primary N) is 1. The summed E-state index contributed by atoms with van der Waals surface area (Å²) in [4.78, 5) is 13.9. The van der Waals surface area contributed by atoms with E-state index >= 15 is 0 Å². The van der Waals surface area contributed by atoms with Crippen molar-refractivity contribution in [3.63, 3.8) is 0 Å². The number of amides is 1. The van der Waals surface area contributed by atoms with Crippen LogP contribution in [0.15, 0.2) is 18.2 Å². The molecule has 2 N–H and O–H groups in total. The van der Waals surface area contributed by atoms with Crippen LogP contribution in [-0.4, -0.2) is 22.9 Å². The Balaban J connectivity index is 0.00000220. The van der Waals surface area contributed by atoms with Crippen molar-refractivity contribution >= 4 is 18.3 Å². The van der Waals surface area contributed by atoms with Crippen LogP contribution in [0.25, 0.3) is 0 Å². The molecule has 1 aromatic carbocycles. The Labute approximate surface area is 129 Å². The lowest BCUT2D eigenvalue weighted by Crippen LogP contribution is -2.53. The molecule has 3 nitrogen and oxygen atoms in total. The van der Waals surface area contributed by atoms with Gasteiger partial charge in [0.1, 0.15) is 11.6 Å². The Hall–Kier alpha value is -1.20. The van der Waals surface area contributed by atoms with Gasteiger partial charge in [-0.1, -0.05) is 18.9 Å². The number of hydrogen-bond acceptors (Lipinski definition) is 2. The molecule has 118 valence electrons. The number of benzene rings is 1. The molecule has 0 aliphatic heterocycles. The first-order valence-electron chi connectivity index (χ1n) is 6.99. The molecule has 6 heteroatoms. The molecule has 21 heavy (non-hydrogen) atoms. The van der Waals surface area contributed by atoms with Crippen LogP contribution >= 0.6 is 12.4 Å². The van der Waals surface area contributed by atoms with Gasteiger partial charge in [0.2, 0.25) is 5.91 Å². The zero-order valence-electron chi connectivity index (χ0n) is 12.1. The molecule has 0 saturated heterocycles. The quantitative estimate of drug-likeness (QED) is 0.927. The second-order valence-corrected chi connectivity index (χ2v) is 5.38. The molecule has 0 spiro atoms. The van der Waals surface area contributed by atoms with Crippen LogP contribution in [0.1, 0.15) is 38.2 Å². The van der Waals surface area contributed by atoms with E-state index in [1.54, 1.807) is 6.92 Å². The predicted molar refractivity (Wildman–Crippen MR) is 80.1 cm³/mol. The van der Waals surface area contributed by atoms with Gasteiger partial charge in [-0.3, -0.25) is 4.79 Å². The summed E-state index contributed by atoms with van der Waals surface area (Å²) in [5, 5.41) is 0. The van der Waals surface area contributed by atoms with Gasteiger partial charge in [-0.25, -0.2) is 8.78 Å². The fourth-order valence-electron chi connectivity index (χ4n) is 2.74. The monoisotopic (exact) mass is 318 g/mol. The molecule has 1 aliphatic rings. The summed E-state index contributed by atoms with van der Waals surface area (Å²) in [5.41, 5.74) is 5.19. The highest BCUT2D eigenvalue weighted by atomic mass is 35.5. The first-order chi connectivity index (χ1) is 9.48. The molecule has 1 aliphatic carbocycles. The Morgan fingerprint density at radius 2 is 1.81 bits per heavy atom. The van der Waals surface area contributed by atoms with Crippen molar-refractivity contribution in [1.82, 2.24) is 4.90 Å². The molecular formula is C15H21ClF2N2O. The Morgan fingerprint density at radius 3 is 2.29 bits per heavy atom. The Bertz CT molecular complexity index is 484. The van der Waals surface area contributed by atoms with Crippen molar-refractivity contribution in [3.05, 3.63) is 35.4 Å². The fourth-order valence-corrected chi connectivity index (χ4v) is 2.74. The summed E-state index contributed by atoms with van der Waals surface area (Å²) in [7, 11) is 0. The van der Waals surface area contributed by atoms with Crippen LogP contribution in [0.3, 0.4) is 0 Å². The molecule has 1 saturated carbocycles. The summed E-state index contributed by atoms with van der Waals surface area (Å²) in [6.45, 7) is 2.09. The molecule has 0 heterocycles. The van der Waals surface area contributed by atoms with Gasteiger partial charge in [0, 0.05) is 12.1 Å². The molecule has 0 unspecified atom stereocenters. The fraction of sp³-hybridized carbons (Fsp3) is 0.533. The number of halogens is 3. The first-order valence-corrected chi connectivity index (χ1v) is 6.99. The molecule has 2 rings (SSSR count). The summed E-state index contributed by atoms with van der Waals surface area (Å²) in [6, 6.07) is 3.71. The average molecular weight is 319 g/mol. The van der Waals surface area contributed by atoms with Crippen molar-refractivity contribution < 1.29 is 13.6 Å². The predicted octanol–water partition coefficient (Wildman–Crippen LogP) is 3.01. The van der Waals surface area contributed by atoms with E-state index in [0.717, 1.165) is 12.8 Å². The maximum Gasteiger partial charge on any atom is 0.242 e. The van der Waals surface area contributed by atoms with Crippen molar-refractivity contribution in [2.45, 2.75) is 44.7 Å². The van der Waals surface area contributed by atoms with Crippen molar-refractivity contribution in [1.29, 1.82) is 0 Å². The number of rotatable bonds is 4. The third kappa shape index (κ3) is 3.71. The minimum absolute atomic E-state index is 0. The second kappa shape index (κ2) is 7.18. The van der Waals surface area contributed by atoms with Gasteiger partial charge < -0.3 is 10.6 Å². The number of carbonyl (C=O) groups is 1. The van der Waals surface area contributed by atoms with Gasteiger partial charge in [-0.15, -0.1) is 12.4 Å². The van der Waals surface area contributed by atoms with E-state index in [2.05, 4.69) is 0 Å². The van der Waals surface area contributed by atoms with Gasteiger partial charge in [0.15, 0.2) is 0 Å². The van der Waals surface area contributed by atoms with E-state index in [9.17, 15) is 13.6 Å². The maximum atomic E-state index is 13.7. The van der Waals surface area contributed by atoms with Crippen molar-refractivity contribution in [2.24, 2.45) is 5.73 Å². The first kappa shape index (κ1) is 17.9. The van der Waals surface area contributed by atoms with Gasteiger partial charge in [0.05, 0.1) is 12.1 Å². The SMILES string of the molecule is CCN(Cc1c(F)cccc1F)C(=O)C1(N)CCCC1.Cl. The Morgan fingerprint density at radius 1 is 1.29 bits per heavy atom. The van der Waals surface area contributed by atoms with Gasteiger partial charge in [0.25, 0.3) is 0 Å². The third-order valence-electron chi connectivity index (χ3n) is 4.00. The van der Waals surface area contributed by atoms with E-state index in [0.29, 0.717) is 19.4 Å². The summed E-state index contributed by atoms with van der Waals surface area (Å²) >= 11 is 0. The molecular weight excluding hydrogens is 298 g/mol. The van der Waals surface area contributed by atoms with E-state index in [1.807, 2.05) is 0 Å². The minimum Gasteiger partial charge on any atom is -0.337 e. The molecule has 1 fully saturated rings. The van der Waals surface area contributed by atoms with Crippen molar-refractivity contribution in [2.75, 3.05) is 6.54 Å². The highest BCUT2D eigenvalue weighted by Gasteiger charge is 2.39. The van der Waals surface area contributed by atoms with E-state index < -0.39 is 17.2 Å². The van der Waals surface area contributed by atoms with Crippen LogP contribution in [0.5, 0.6) is 0 Å². The maximum absolute atomic E-state index is 13.7. The summed E-state index contributed by atoms with van der Waals surface area (Å²) in [5.74, 6) is -1.47. The molecule has 0 bridgehead atoms. The minimum atomic E-state index is -0.863. The van der Waals surface area contributed by atoms with Crippen LogP contribution in [0.4, 0.5) is 8.78 Å². The summed E-state index contributed by atoms with van der Waals surface area (Å²) in [6.07, 6.45) is 3.13. The lowest BCUT2D eigenvalue weighted by Gasteiger charge is -2.31. The third-order valence-corrected chi connectivity index (χ3v) is 4.00. The molecule has 0 radical (unpaired) electrons. The average Bonchev–Trinajstić information content (AvgIpc) is 2.86. The van der Waals surface area contributed by atoms with E-state index in [-0.39, 0.29) is 30.4 Å². The Kier molecular flexibility index (Phi) is 6.10. The highest BCUT2D eigenvalue weighted by molar-refractivity contribution is 5.86. The van der Waals surface area contributed by atoms with E-state index in [1.165, 1.54) is 23.1 Å². The van der Waals surface area contributed by atoms with Crippen molar-refractivity contribution in [3.8, 4) is 0 Å². The van der Waals surface area contributed by atoms with Gasteiger partial charge in [-0.2, -0.15) is 0 Å². The topological polar surface area (TPSA) is 46.3 Å². The zero-order chi connectivity index (χ0) is 14.8. The normalized spacial score (nSPS) is 16.4. The highest BCUT2D eigenvalue weighted by Crippen LogP contribution is 2.29. The lowest BCUT2D eigenvalue weighted by atomic mass is 9.97. The van der Waals surface area contributed by atoms with E-state index in [4.69, 9.17) is 5.73 Å². The lowest BCUT2D eigenvalue weighted by molar-refractivity contribution is -0.137. The molecule has 0 atom stereocenters. The second-order valence-electron chi connectivity index (χ2n) is 5.38. The molecule has 0 aromatic heterocycles.